The molecule has 1 aliphatic rings. The fourth-order valence-electron chi connectivity index (χ4n) is 3.04. The first-order valence-electron chi connectivity index (χ1n) is 6.91. The molecule has 1 rings (SSSR count). The van der Waals surface area contributed by atoms with Crippen LogP contribution in [0.1, 0.15) is 60.8 Å². The molecule has 2 heteroatoms. The van der Waals surface area contributed by atoms with E-state index in [0.717, 1.165) is 38.3 Å². The molecule has 2 nitrogen and oxygen atoms in total. The van der Waals surface area contributed by atoms with Crippen LogP contribution in [-0.4, -0.2) is 23.9 Å². The summed E-state index contributed by atoms with van der Waals surface area (Å²) in [5.74, 6) is 1.13. The third-order valence-corrected chi connectivity index (χ3v) is 3.62. The molecule has 1 heterocycles. The molecule has 0 saturated carbocycles. The largest absolute Gasteiger partial charge is 0.342 e. The molecule has 0 radical (unpaired) electrons. The summed E-state index contributed by atoms with van der Waals surface area (Å²) >= 11 is 0. The first-order chi connectivity index (χ1) is 7.62. The zero-order chi connectivity index (χ0) is 13.3. The molecule has 0 aromatic heterocycles. The van der Waals surface area contributed by atoms with E-state index in [-0.39, 0.29) is 10.8 Å². The van der Waals surface area contributed by atoms with Gasteiger partial charge in [-0.3, -0.25) is 4.79 Å². The van der Waals surface area contributed by atoms with Gasteiger partial charge in [-0.1, -0.05) is 41.5 Å². The molecule has 0 N–H and O–H groups in total. The summed E-state index contributed by atoms with van der Waals surface area (Å²) in [4.78, 5) is 14.6. The number of likely N-dealkylation sites (tertiary alicyclic amines) is 1. The van der Waals surface area contributed by atoms with Gasteiger partial charge in [-0.2, -0.15) is 0 Å². The number of hydrogen-bond donors (Lipinski definition) is 0. The van der Waals surface area contributed by atoms with Gasteiger partial charge < -0.3 is 4.90 Å². The minimum atomic E-state index is -0.223. The highest BCUT2D eigenvalue weighted by Gasteiger charge is 2.36. The molecule has 0 spiro atoms. The maximum atomic E-state index is 12.5. The molecular formula is C15H29NO. The SMILES string of the molecule is CC1CCN(C(=O)C(C)(C)CC(C)(C)C)CC1. The maximum Gasteiger partial charge on any atom is 0.228 e. The second-order valence-corrected chi connectivity index (χ2v) is 7.60. The van der Waals surface area contributed by atoms with E-state index in [4.69, 9.17) is 0 Å². The minimum absolute atomic E-state index is 0.211. The van der Waals surface area contributed by atoms with Crippen LogP contribution in [0.15, 0.2) is 0 Å². The molecule has 1 fully saturated rings. The van der Waals surface area contributed by atoms with Crippen molar-refractivity contribution in [3.63, 3.8) is 0 Å². The maximum absolute atomic E-state index is 12.5. The first kappa shape index (κ1) is 14.5. The van der Waals surface area contributed by atoms with Crippen LogP contribution in [0.4, 0.5) is 0 Å². The summed E-state index contributed by atoms with van der Waals surface area (Å²) < 4.78 is 0. The summed E-state index contributed by atoms with van der Waals surface area (Å²) in [6.45, 7) is 15.0. The van der Waals surface area contributed by atoms with Gasteiger partial charge in [-0.25, -0.2) is 0 Å². The predicted molar refractivity (Wildman–Crippen MR) is 72.8 cm³/mol. The Morgan fingerprint density at radius 3 is 2.00 bits per heavy atom. The van der Waals surface area contributed by atoms with Crippen LogP contribution in [0.5, 0.6) is 0 Å². The second-order valence-electron chi connectivity index (χ2n) is 7.60. The molecule has 0 aromatic carbocycles. The molecule has 0 atom stereocenters. The zero-order valence-corrected chi connectivity index (χ0v) is 12.5. The van der Waals surface area contributed by atoms with Crippen LogP contribution in [0.25, 0.3) is 0 Å². The van der Waals surface area contributed by atoms with Crippen LogP contribution in [0.3, 0.4) is 0 Å². The van der Waals surface area contributed by atoms with E-state index in [2.05, 4.69) is 46.4 Å². The lowest BCUT2D eigenvalue weighted by atomic mass is 9.75. The molecule has 1 aliphatic heterocycles. The molecule has 0 bridgehead atoms. The normalized spacial score (nSPS) is 19.5. The third kappa shape index (κ3) is 4.33. The molecular weight excluding hydrogens is 210 g/mol. The highest BCUT2D eigenvalue weighted by molar-refractivity contribution is 5.82. The van der Waals surface area contributed by atoms with Gasteiger partial charge in [0.25, 0.3) is 0 Å². The van der Waals surface area contributed by atoms with Crippen molar-refractivity contribution < 1.29 is 4.79 Å². The van der Waals surface area contributed by atoms with E-state index in [0.29, 0.717) is 5.91 Å². The van der Waals surface area contributed by atoms with Crippen molar-refractivity contribution in [1.82, 2.24) is 4.90 Å². The molecule has 17 heavy (non-hydrogen) atoms. The van der Waals surface area contributed by atoms with E-state index in [1.54, 1.807) is 0 Å². The lowest BCUT2D eigenvalue weighted by molar-refractivity contribution is -0.143. The lowest BCUT2D eigenvalue weighted by Crippen LogP contribution is -2.46. The molecule has 0 aromatic rings. The van der Waals surface area contributed by atoms with Gasteiger partial charge in [0.05, 0.1) is 0 Å². The number of rotatable bonds is 2. The fraction of sp³-hybridized carbons (Fsp3) is 0.933. The Bertz CT molecular complexity index is 267. The Kier molecular flexibility index (Phi) is 4.27. The van der Waals surface area contributed by atoms with Crippen LogP contribution in [0.2, 0.25) is 0 Å². The van der Waals surface area contributed by atoms with Gasteiger partial charge >= 0.3 is 0 Å². The highest BCUT2D eigenvalue weighted by atomic mass is 16.2. The van der Waals surface area contributed by atoms with Gasteiger partial charge in [-0.05, 0) is 30.6 Å². The van der Waals surface area contributed by atoms with E-state index in [1.165, 1.54) is 0 Å². The van der Waals surface area contributed by atoms with Crippen molar-refractivity contribution in [1.29, 1.82) is 0 Å². The predicted octanol–water partition coefficient (Wildman–Crippen LogP) is 3.71. The van der Waals surface area contributed by atoms with Crippen LogP contribution in [-0.2, 0) is 4.79 Å². The minimum Gasteiger partial charge on any atom is -0.342 e. The third-order valence-electron chi connectivity index (χ3n) is 3.62. The van der Waals surface area contributed by atoms with Crippen molar-refractivity contribution >= 4 is 5.91 Å². The topological polar surface area (TPSA) is 20.3 Å². The Hall–Kier alpha value is -0.530. The van der Waals surface area contributed by atoms with E-state index >= 15 is 0 Å². The van der Waals surface area contributed by atoms with Crippen molar-refractivity contribution in [3.05, 3.63) is 0 Å². The number of amides is 1. The number of nitrogens with zero attached hydrogens (tertiary/aromatic N) is 1. The second kappa shape index (κ2) is 4.99. The molecule has 0 aliphatic carbocycles. The van der Waals surface area contributed by atoms with E-state index in [1.807, 2.05) is 0 Å². The summed E-state index contributed by atoms with van der Waals surface area (Å²) in [6.07, 6.45) is 3.28. The first-order valence-corrected chi connectivity index (χ1v) is 6.91. The van der Waals surface area contributed by atoms with Gasteiger partial charge in [0.2, 0.25) is 5.91 Å². The molecule has 1 amide bonds. The van der Waals surface area contributed by atoms with Gasteiger partial charge in [0.15, 0.2) is 0 Å². The van der Waals surface area contributed by atoms with Crippen molar-refractivity contribution in [2.24, 2.45) is 16.7 Å². The molecule has 0 unspecified atom stereocenters. The summed E-state index contributed by atoms with van der Waals surface area (Å²) in [6, 6.07) is 0. The number of carbonyl (C=O) groups excluding carboxylic acids is 1. The van der Waals surface area contributed by atoms with Gasteiger partial charge in [0.1, 0.15) is 0 Å². The Morgan fingerprint density at radius 2 is 1.59 bits per heavy atom. The smallest absolute Gasteiger partial charge is 0.228 e. The zero-order valence-electron chi connectivity index (χ0n) is 12.5. The number of hydrogen-bond acceptors (Lipinski definition) is 1. The number of piperidine rings is 1. The van der Waals surface area contributed by atoms with E-state index in [9.17, 15) is 4.79 Å². The fourth-order valence-corrected chi connectivity index (χ4v) is 3.04. The van der Waals surface area contributed by atoms with E-state index < -0.39 is 0 Å². The Morgan fingerprint density at radius 1 is 1.12 bits per heavy atom. The summed E-state index contributed by atoms with van der Waals surface area (Å²) in [5.41, 5.74) is -0.0128. The van der Waals surface area contributed by atoms with Gasteiger partial charge in [0, 0.05) is 18.5 Å². The highest BCUT2D eigenvalue weighted by Crippen LogP contribution is 2.35. The number of carbonyl (C=O) groups is 1. The monoisotopic (exact) mass is 239 g/mol. The van der Waals surface area contributed by atoms with Gasteiger partial charge in [-0.15, -0.1) is 0 Å². The van der Waals surface area contributed by atoms with Crippen LogP contribution >= 0.6 is 0 Å². The molecule has 1 saturated heterocycles. The quantitative estimate of drug-likeness (QED) is 0.719. The van der Waals surface area contributed by atoms with Crippen LogP contribution in [0, 0.1) is 16.7 Å². The van der Waals surface area contributed by atoms with Crippen LogP contribution < -0.4 is 0 Å². The lowest BCUT2D eigenvalue weighted by Gasteiger charge is -2.38. The Balaban J connectivity index is 2.62. The Labute approximate surface area is 107 Å². The van der Waals surface area contributed by atoms with Crippen molar-refractivity contribution in [2.45, 2.75) is 60.8 Å². The molecule has 100 valence electrons. The average Bonchev–Trinajstić information content (AvgIpc) is 2.14. The average molecular weight is 239 g/mol. The summed E-state index contributed by atoms with van der Waals surface area (Å²) in [5, 5.41) is 0. The van der Waals surface area contributed by atoms with Crippen molar-refractivity contribution in [3.8, 4) is 0 Å². The standard InChI is InChI=1S/C15H29NO/c1-12-7-9-16(10-8-12)13(17)15(5,6)11-14(2,3)4/h12H,7-11H2,1-6H3. The summed E-state index contributed by atoms with van der Waals surface area (Å²) in [7, 11) is 0. The van der Waals surface area contributed by atoms with Crippen molar-refractivity contribution in [2.75, 3.05) is 13.1 Å².